The summed E-state index contributed by atoms with van der Waals surface area (Å²) in [6, 6.07) is 3.76. The van der Waals surface area contributed by atoms with Crippen LogP contribution < -0.4 is 14.8 Å². The lowest BCUT2D eigenvalue weighted by molar-refractivity contribution is -0.274. The second-order valence-electron chi connectivity index (χ2n) is 3.07. The quantitative estimate of drug-likeness (QED) is 0.848. The first-order valence-electron chi connectivity index (χ1n) is 4.73. The van der Waals surface area contributed by atoms with Crippen LogP contribution in [-0.4, -0.2) is 19.4 Å². The van der Waals surface area contributed by atoms with Gasteiger partial charge in [-0.05, 0) is 18.2 Å². The second kappa shape index (κ2) is 5.44. The highest BCUT2D eigenvalue weighted by Crippen LogP contribution is 2.37. The van der Waals surface area contributed by atoms with Crippen LogP contribution in [0.25, 0.3) is 0 Å². The third-order valence-corrected chi connectivity index (χ3v) is 1.87. The Labute approximate surface area is 101 Å². The van der Waals surface area contributed by atoms with Crippen molar-refractivity contribution in [3.8, 4) is 11.5 Å². The average Bonchev–Trinajstić information content (AvgIpc) is 2.29. The van der Waals surface area contributed by atoms with E-state index in [1.54, 1.807) is 0 Å². The van der Waals surface area contributed by atoms with Crippen LogP contribution in [0.4, 0.5) is 18.9 Å². The van der Waals surface area contributed by atoms with Gasteiger partial charge in [-0.25, -0.2) is 0 Å². The molecule has 0 bridgehead atoms. The summed E-state index contributed by atoms with van der Waals surface area (Å²) in [5.41, 5.74) is -0.206. The molecule has 0 aliphatic carbocycles. The van der Waals surface area contributed by atoms with Crippen molar-refractivity contribution >= 4 is 11.6 Å². The van der Waals surface area contributed by atoms with Crippen molar-refractivity contribution in [3.63, 3.8) is 0 Å². The van der Waals surface area contributed by atoms with Crippen molar-refractivity contribution < 1.29 is 27.4 Å². The van der Waals surface area contributed by atoms with E-state index in [1.807, 2.05) is 0 Å². The zero-order valence-corrected chi connectivity index (χ0v) is 9.38. The zero-order valence-electron chi connectivity index (χ0n) is 9.38. The number of methoxy groups -OCH3 is 1. The van der Waals surface area contributed by atoms with E-state index < -0.39 is 18.0 Å². The van der Waals surface area contributed by atoms with Crippen LogP contribution in [0.3, 0.4) is 0 Å². The van der Waals surface area contributed by atoms with E-state index >= 15 is 0 Å². The third kappa shape index (κ3) is 3.69. The Bertz CT molecular complexity index is 457. The fourth-order valence-corrected chi connectivity index (χ4v) is 1.19. The van der Waals surface area contributed by atoms with E-state index in [4.69, 9.17) is 4.74 Å². The number of nitrogens with one attached hydrogen (secondary N) is 1. The molecular formula is C11H10F3NO3. The van der Waals surface area contributed by atoms with Crippen molar-refractivity contribution in [1.82, 2.24) is 0 Å². The van der Waals surface area contributed by atoms with Gasteiger partial charge in [0.05, 0.1) is 7.11 Å². The summed E-state index contributed by atoms with van der Waals surface area (Å²) < 4.78 is 45.2. The number of halogens is 3. The molecule has 1 amide bonds. The van der Waals surface area contributed by atoms with E-state index in [-0.39, 0.29) is 11.4 Å². The first-order valence-corrected chi connectivity index (χ1v) is 4.73. The summed E-state index contributed by atoms with van der Waals surface area (Å²) in [6.07, 6.45) is -3.94. The molecule has 0 aliphatic rings. The fourth-order valence-electron chi connectivity index (χ4n) is 1.19. The van der Waals surface area contributed by atoms with Crippen LogP contribution in [0.1, 0.15) is 0 Å². The van der Waals surface area contributed by atoms with Gasteiger partial charge in [0, 0.05) is 0 Å². The number of hydrogen-bond donors (Lipinski definition) is 1. The summed E-state index contributed by atoms with van der Waals surface area (Å²) in [4.78, 5) is 11.1. The highest BCUT2D eigenvalue weighted by Gasteiger charge is 2.32. The van der Waals surface area contributed by atoms with E-state index in [0.29, 0.717) is 0 Å². The fraction of sp³-hybridized carbons (Fsp3) is 0.182. The monoisotopic (exact) mass is 261 g/mol. The number of anilines is 1. The molecule has 0 heterocycles. The Morgan fingerprint density at radius 1 is 1.39 bits per heavy atom. The predicted molar refractivity (Wildman–Crippen MR) is 58.5 cm³/mol. The van der Waals surface area contributed by atoms with Crippen molar-refractivity contribution in [2.45, 2.75) is 6.36 Å². The number of rotatable bonds is 4. The van der Waals surface area contributed by atoms with Gasteiger partial charge in [-0.2, -0.15) is 0 Å². The first-order chi connectivity index (χ1) is 8.37. The lowest BCUT2D eigenvalue weighted by atomic mass is 10.2. The maximum Gasteiger partial charge on any atom is 0.573 e. The number of amides is 1. The topological polar surface area (TPSA) is 47.6 Å². The highest BCUT2D eigenvalue weighted by atomic mass is 19.4. The van der Waals surface area contributed by atoms with Gasteiger partial charge in [-0.1, -0.05) is 12.6 Å². The van der Waals surface area contributed by atoms with Gasteiger partial charge in [0.25, 0.3) is 0 Å². The van der Waals surface area contributed by atoms with Gasteiger partial charge in [-0.3, -0.25) is 4.79 Å². The van der Waals surface area contributed by atoms with Crippen LogP contribution in [0.2, 0.25) is 0 Å². The van der Waals surface area contributed by atoms with Crippen molar-refractivity contribution in [2.75, 3.05) is 12.4 Å². The molecule has 0 aliphatic heterocycles. The average molecular weight is 261 g/mol. The number of carbonyl (C=O) groups is 1. The van der Waals surface area contributed by atoms with Crippen molar-refractivity contribution in [2.24, 2.45) is 0 Å². The minimum absolute atomic E-state index is 0.0481. The zero-order chi connectivity index (χ0) is 13.8. The summed E-state index contributed by atoms with van der Waals surface area (Å²) in [7, 11) is 1.26. The van der Waals surface area contributed by atoms with E-state index in [0.717, 1.165) is 12.1 Å². The Balaban J connectivity index is 3.15. The number of hydrogen-bond acceptors (Lipinski definition) is 3. The molecule has 0 spiro atoms. The van der Waals surface area contributed by atoms with Gasteiger partial charge >= 0.3 is 6.36 Å². The standard InChI is InChI=1S/C11H10F3NO3/c1-3-9(16)15-10-7(17-2)5-4-6-8(10)18-11(12,13)14/h3-6H,1H2,2H3,(H,15,16). The van der Waals surface area contributed by atoms with Crippen LogP contribution in [0, 0.1) is 0 Å². The molecule has 1 N–H and O–H groups in total. The number of para-hydroxylation sites is 1. The Kier molecular flexibility index (Phi) is 4.19. The van der Waals surface area contributed by atoms with Crippen molar-refractivity contribution in [3.05, 3.63) is 30.9 Å². The second-order valence-corrected chi connectivity index (χ2v) is 3.07. The minimum atomic E-state index is -4.86. The molecule has 0 atom stereocenters. The first kappa shape index (κ1) is 13.9. The van der Waals surface area contributed by atoms with Crippen LogP contribution in [0.15, 0.2) is 30.9 Å². The van der Waals surface area contributed by atoms with E-state index in [2.05, 4.69) is 16.6 Å². The lowest BCUT2D eigenvalue weighted by Crippen LogP contribution is -2.19. The Morgan fingerprint density at radius 3 is 2.50 bits per heavy atom. The van der Waals surface area contributed by atoms with Gasteiger partial charge in [0.2, 0.25) is 5.91 Å². The molecule has 0 saturated carbocycles. The Hall–Kier alpha value is -2.18. The molecular weight excluding hydrogens is 251 g/mol. The van der Waals surface area contributed by atoms with Gasteiger partial charge in [0.1, 0.15) is 11.4 Å². The van der Waals surface area contributed by atoms with E-state index in [9.17, 15) is 18.0 Å². The summed E-state index contributed by atoms with van der Waals surface area (Å²) >= 11 is 0. The minimum Gasteiger partial charge on any atom is -0.494 e. The SMILES string of the molecule is C=CC(=O)Nc1c(OC)cccc1OC(F)(F)F. The smallest absolute Gasteiger partial charge is 0.494 e. The molecule has 0 unspecified atom stereocenters. The lowest BCUT2D eigenvalue weighted by Gasteiger charge is -2.15. The number of alkyl halides is 3. The van der Waals surface area contributed by atoms with Gasteiger partial charge in [0.15, 0.2) is 5.75 Å². The number of ether oxygens (including phenoxy) is 2. The van der Waals surface area contributed by atoms with Crippen LogP contribution >= 0.6 is 0 Å². The maximum absolute atomic E-state index is 12.2. The van der Waals surface area contributed by atoms with Crippen molar-refractivity contribution in [1.29, 1.82) is 0 Å². The molecule has 7 heteroatoms. The predicted octanol–water partition coefficient (Wildman–Crippen LogP) is 2.72. The normalized spacial score (nSPS) is 10.7. The molecule has 1 aromatic carbocycles. The molecule has 4 nitrogen and oxygen atoms in total. The summed E-state index contributed by atoms with van der Waals surface area (Å²) in [5, 5.41) is 2.20. The molecule has 0 aromatic heterocycles. The summed E-state index contributed by atoms with van der Waals surface area (Å²) in [6.45, 7) is 3.20. The molecule has 0 fully saturated rings. The molecule has 98 valence electrons. The van der Waals surface area contributed by atoms with E-state index in [1.165, 1.54) is 19.2 Å². The molecule has 1 rings (SSSR count). The largest absolute Gasteiger partial charge is 0.573 e. The number of carbonyl (C=O) groups excluding carboxylic acids is 1. The third-order valence-electron chi connectivity index (χ3n) is 1.87. The molecule has 0 radical (unpaired) electrons. The Morgan fingerprint density at radius 2 is 2.00 bits per heavy atom. The van der Waals surface area contributed by atoms with Crippen LogP contribution in [-0.2, 0) is 4.79 Å². The highest BCUT2D eigenvalue weighted by molar-refractivity contribution is 6.01. The molecule has 1 aromatic rings. The van der Waals surface area contributed by atoms with Crippen LogP contribution in [0.5, 0.6) is 11.5 Å². The van der Waals surface area contributed by atoms with Gasteiger partial charge in [-0.15, -0.1) is 13.2 Å². The summed E-state index contributed by atoms with van der Waals surface area (Å²) in [5.74, 6) is -1.18. The van der Waals surface area contributed by atoms with Gasteiger partial charge < -0.3 is 14.8 Å². The number of benzene rings is 1. The molecule has 18 heavy (non-hydrogen) atoms. The molecule has 0 saturated heterocycles. The maximum atomic E-state index is 12.2.